The van der Waals surface area contributed by atoms with Crippen molar-refractivity contribution in [2.24, 2.45) is 0 Å². The van der Waals surface area contributed by atoms with Crippen molar-refractivity contribution in [1.29, 1.82) is 0 Å². The van der Waals surface area contributed by atoms with E-state index in [1.165, 1.54) is 5.56 Å². The molecule has 0 N–H and O–H groups in total. The summed E-state index contributed by atoms with van der Waals surface area (Å²) in [5.74, 6) is 0. The lowest BCUT2D eigenvalue weighted by atomic mass is 10.1. The molecule has 2 rings (SSSR count). The zero-order valence-corrected chi connectivity index (χ0v) is 13.2. The summed E-state index contributed by atoms with van der Waals surface area (Å²) in [6, 6.07) is 10.5. The summed E-state index contributed by atoms with van der Waals surface area (Å²) in [5.41, 5.74) is 0.767. The van der Waals surface area contributed by atoms with E-state index in [0.29, 0.717) is 0 Å². The molecule has 0 spiro atoms. The number of benzene rings is 1. The maximum absolute atomic E-state index is 12.2. The van der Waals surface area contributed by atoms with Gasteiger partial charge in [-0.3, -0.25) is 0 Å². The van der Waals surface area contributed by atoms with Gasteiger partial charge in [-0.1, -0.05) is 42.5 Å². The average Bonchev–Trinajstić information content (AvgIpc) is 2.86. The number of ether oxygens (including phenoxy) is 1. The summed E-state index contributed by atoms with van der Waals surface area (Å²) < 4.78 is 5.48. The highest BCUT2D eigenvalue weighted by molar-refractivity contribution is 5.69. The van der Waals surface area contributed by atoms with Gasteiger partial charge in [0.15, 0.2) is 0 Å². The maximum Gasteiger partial charge on any atom is 0.410 e. The predicted octanol–water partition coefficient (Wildman–Crippen LogP) is 4.49. The van der Waals surface area contributed by atoms with Gasteiger partial charge < -0.3 is 9.64 Å². The summed E-state index contributed by atoms with van der Waals surface area (Å²) >= 11 is 0. The molecule has 3 heteroatoms. The van der Waals surface area contributed by atoms with Crippen LogP contribution >= 0.6 is 0 Å². The molecule has 1 aliphatic heterocycles. The normalized spacial score (nSPS) is 19.2. The predicted molar refractivity (Wildman–Crippen MR) is 86.1 cm³/mol. The summed E-state index contributed by atoms with van der Waals surface area (Å²) in [6.07, 6.45) is 7.09. The number of rotatable bonds is 3. The quantitative estimate of drug-likeness (QED) is 0.819. The van der Waals surface area contributed by atoms with Crippen molar-refractivity contribution in [3.8, 4) is 0 Å². The SMILES string of the molecule is CC(C)(C)OC(=O)N1CCCC1C/C=C\c1ccccc1. The third kappa shape index (κ3) is 4.92. The van der Waals surface area contributed by atoms with E-state index in [9.17, 15) is 4.79 Å². The number of amides is 1. The minimum atomic E-state index is -0.426. The van der Waals surface area contributed by atoms with Crippen LogP contribution in [0.15, 0.2) is 36.4 Å². The Morgan fingerprint density at radius 2 is 2.05 bits per heavy atom. The van der Waals surface area contributed by atoms with Crippen LogP contribution in [-0.4, -0.2) is 29.2 Å². The molecule has 1 heterocycles. The van der Waals surface area contributed by atoms with Gasteiger partial charge in [-0.25, -0.2) is 4.79 Å². The van der Waals surface area contributed by atoms with Crippen LogP contribution in [0.1, 0.15) is 45.6 Å². The van der Waals surface area contributed by atoms with E-state index >= 15 is 0 Å². The highest BCUT2D eigenvalue weighted by atomic mass is 16.6. The van der Waals surface area contributed by atoms with Crippen molar-refractivity contribution in [3.05, 3.63) is 42.0 Å². The third-order valence-corrected chi connectivity index (χ3v) is 3.52. The van der Waals surface area contributed by atoms with Crippen LogP contribution in [0, 0.1) is 0 Å². The van der Waals surface area contributed by atoms with Gasteiger partial charge >= 0.3 is 6.09 Å². The first kappa shape index (κ1) is 15.6. The van der Waals surface area contributed by atoms with Gasteiger partial charge in [-0.15, -0.1) is 0 Å². The number of carbonyl (C=O) groups excluding carboxylic acids is 1. The van der Waals surface area contributed by atoms with E-state index in [0.717, 1.165) is 25.8 Å². The van der Waals surface area contributed by atoms with Crippen molar-refractivity contribution in [1.82, 2.24) is 4.90 Å². The molecule has 0 bridgehead atoms. The minimum absolute atomic E-state index is 0.182. The Morgan fingerprint density at radius 1 is 1.33 bits per heavy atom. The molecule has 0 radical (unpaired) electrons. The van der Waals surface area contributed by atoms with Crippen LogP contribution in [0.3, 0.4) is 0 Å². The molecule has 0 saturated carbocycles. The van der Waals surface area contributed by atoms with E-state index in [-0.39, 0.29) is 12.1 Å². The van der Waals surface area contributed by atoms with Crippen LogP contribution in [0.2, 0.25) is 0 Å². The molecule has 1 aromatic rings. The Kier molecular flexibility index (Phi) is 5.05. The topological polar surface area (TPSA) is 29.5 Å². The second-order valence-electron chi connectivity index (χ2n) is 6.52. The van der Waals surface area contributed by atoms with Crippen molar-refractivity contribution in [2.75, 3.05) is 6.54 Å². The van der Waals surface area contributed by atoms with Crippen LogP contribution in [0.5, 0.6) is 0 Å². The highest BCUT2D eigenvalue weighted by Gasteiger charge is 2.31. The van der Waals surface area contributed by atoms with Gasteiger partial charge in [-0.05, 0) is 45.6 Å². The lowest BCUT2D eigenvalue weighted by molar-refractivity contribution is 0.0228. The Bertz CT molecular complexity index is 488. The molecule has 1 aliphatic rings. The second-order valence-corrected chi connectivity index (χ2v) is 6.52. The van der Waals surface area contributed by atoms with E-state index in [2.05, 4.69) is 24.3 Å². The largest absolute Gasteiger partial charge is 0.444 e. The molecule has 1 fully saturated rings. The Labute approximate surface area is 127 Å². The standard InChI is InChI=1S/C18H25NO2/c1-18(2,3)21-17(20)19-14-8-13-16(19)12-7-11-15-9-5-4-6-10-15/h4-7,9-11,16H,8,12-14H2,1-3H3/b11-7-. The number of likely N-dealkylation sites (tertiary alicyclic amines) is 1. The van der Waals surface area contributed by atoms with Gasteiger partial charge in [0.2, 0.25) is 0 Å². The number of hydrogen-bond acceptors (Lipinski definition) is 2. The van der Waals surface area contributed by atoms with Crippen LogP contribution in [0.4, 0.5) is 4.79 Å². The molecule has 1 saturated heterocycles. The molecule has 1 atom stereocenters. The van der Waals surface area contributed by atoms with Gasteiger partial charge in [0.25, 0.3) is 0 Å². The van der Waals surface area contributed by atoms with Crippen LogP contribution in [0.25, 0.3) is 6.08 Å². The maximum atomic E-state index is 12.2. The van der Waals surface area contributed by atoms with Crippen molar-refractivity contribution in [3.63, 3.8) is 0 Å². The fraction of sp³-hybridized carbons (Fsp3) is 0.500. The number of nitrogens with zero attached hydrogens (tertiary/aromatic N) is 1. The van der Waals surface area contributed by atoms with Gasteiger partial charge in [0, 0.05) is 12.6 Å². The van der Waals surface area contributed by atoms with Gasteiger partial charge in [0.05, 0.1) is 0 Å². The summed E-state index contributed by atoms with van der Waals surface area (Å²) in [7, 11) is 0. The van der Waals surface area contributed by atoms with Crippen LogP contribution in [-0.2, 0) is 4.74 Å². The molecule has 1 amide bonds. The molecule has 1 aromatic carbocycles. The first-order chi connectivity index (χ1) is 9.96. The van der Waals surface area contributed by atoms with Crippen molar-refractivity contribution < 1.29 is 9.53 Å². The minimum Gasteiger partial charge on any atom is -0.444 e. The third-order valence-electron chi connectivity index (χ3n) is 3.52. The molecule has 114 valence electrons. The Balaban J connectivity index is 1.90. The number of carbonyl (C=O) groups is 1. The fourth-order valence-corrected chi connectivity index (χ4v) is 2.57. The Morgan fingerprint density at radius 3 is 2.71 bits per heavy atom. The average molecular weight is 287 g/mol. The zero-order valence-electron chi connectivity index (χ0n) is 13.2. The lowest BCUT2D eigenvalue weighted by Gasteiger charge is -2.28. The first-order valence-corrected chi connectivity index (χ1v) is 7.67. The summed E-state index contributed by atoms with van der Waals surface area (Å²) in [4.78, 5) is 14.1. The van der Waals surface area contributed by atoms with E-state index < -0.39 is 5.60 Å². The monoisotopic (exact) mass is 287 g/mol. The summed E-state index contributed by atoms with van der Waals surface area (Å²) in [5, 5.41) is 0. The molecule has 1 unspecified atom stereocenters. The van der Waals surface area contributed by atoms with Crippen molar-refractivity contribution in [2.45, 2.75) is 51.7 Å². The molecule has 21 heavy (non-hydrogen) atoms. The molecule has 0 aromatic heterocycles. The van der Waals surface area contributed by atoms with Crippen LogP contribution < -0.4 is 0 Å². The Hall–Kier alpha value is -1.77. The van der Waals surface area contributed by atoms with E-state index in [4.69, 9.17) is 4.74 Å². The van der Waals surface area contributed by atoms with E-state index in [1.54, 1.807) is 0 Å². The van der Waals surface area contributed by atoms with Gasteiger partial charge in [-0.2, -0.15) is 0 Å². The molecule has 0 aliphatic carbocycles. The van der Waals surface area contributed by atoms with Gasteiger partial charge in [0.1, 0.15) is 5.60 Å². The second kappa shape index (κ2) is 6.79. The summed E-state index contributed by atoms with van der Waals surface area (Å²) in [6.45, 7) is 6.53. The highest BCUT2D eigenvalue weighted by Crippen LogP contribution is 2.23. The van der Waals surface area contributed by atoms with Crippen molar-refractivity contribution >= 4 is 12.2 Å². The smallest absolute Gasteiger partial charge is 0.410 e. The molecular weight excluding hydrogens is 262 g/mol. The fourth-order valence-electron chi connectivity index (χ4n) is 2.57. The lowest BCUT2D eigenvalue weighted by Crippen LogP contribution is -2.39. The number of hydrogen-bond donors (Lipinski definition) is 0. The molecular formula is C18H25NO2. The first-order valence-electron chi connectivity index (χ1n) is 7.67. The zero-order chi connectivity index (χ0) is 15.3. The molecule has 3 nitrogen and oxygen atoms in total. The van der Waals surface area contributed by atoms with E-state index in [1.807, 2.05) is 43.9 Å².